The van der Waals surface area contributed by atoms with Crippen LogP contribution >= 0.6 is 0 Å². The van der Waals surface area contributed by atoms with Gasteiger partial charge < -0.3 is 24.4 Å². The van der Waals surface area contributed by atoms with Crippen LogP contribution in [-0.2, 0) is 15.3 Å². The van der Waals surface area contributed by atoms with Crippen LogP contribution in [0.5, 0.6) is 11.5 Å². The standard InChI is InChI=1S/C23H38O6/c1-4-7-10-11-12-16-23(27-17-8-5-2,28-18-9-6-3)19-14-13-15-20(21(19)24)29-22(25)26/h13-15,24H,4-12,16-18H2,1-3H3,(H,25,26). The van der Waals surface area contributed by atoms with Crippen molar-refractivity contribution in [1.82, 2.24) is 0 Å². The number of benzene rings is 1. The number of rotatable bonds is 16. The van der Waals surface area contributed by atoms with Crippen molar-refractivity contribution in [2.45, 2.75) is 90.8 Å². The summed E-state index contributed by atoms with van der Waals surface area (Å²) in [6.45, 7) is 7.36. The average molecular weight is 411 g/mol. The van der Waals surface area contributed by atoms with Crippen molar-refractivity contribution in [2.75, 3.05) is 13.2 Å². The molecule has 2 N–H and O–H groups in total. The lowest BCUT2D eigenvalue weighted by molar-refractivity contribution is -0.253. The molecule has 1 aromatic rings. The van der Waals surface area contributed by atoms with Crippen molar-refractivity contribution in [1.29, 1.82) is 0 Å². The van der Waals surface area contributed by atoms with E-state index in [2.05, 4.69) is 20.8 Å². The molecule has 0 aliphatic rings. The molecule has 0 heterocycles. The van der Waals surface area contributed by atoms with Crippen LogP contribution in [0.25, 0.3) is 0 Å². The third-order valence-corrected chi connectivity index (χ3v) is 4.88. The number of hydrogen-bond acceptors (Lipinski definition) is 5. The van der Waals surface area contributed by atoms with Gasteiger partial charge in [0.15, 0.2) is 17.3 Å². The second-order valence-electron chi connectivity index (χ2n) is 7.34. The molecule has 0 fully saturated rings. The molecule has 6 heteroatoms. The Kier molecular flexibility index (Phi) is 12.4. The maximum Gasteiger partial charge on any atom is 0.511 e. The van der Waals surface area contributed by atoms with Gasteiger partial charge in [0.25, 0.3) is 0 Å². The monoisotopic (exact) mass is 410 g/mol. The van der Waals surface area contributed by atoms with Crippen LogP contribution in [0.4, 0.5) is 4.79 Å². The molecular weight excluding hydrogens is 372 g/mol. The van der Waals surface area contributed by atoms with E-state index < -0.39 is 11.9 Å². The van der Waals surface area contributed by atoms with Gasteiger partial charge in [0.05, 0.1) is 18.8 Å². The van der Waals surface area contributed by atoms with E-state index in [4.69, 9.17) is 19.3 Å². The molecule has 0 saturated carbocycles. The quantitative estimate of drug-likeness (QED) is 0.138. The fourth-order valence-corrected chi connectivity index (χ4v) is 3.21. The summed E-state index contributed by atoms with van der Waals surface area (Å²) in [5.41, 5.74) is 0.430. The van der Waals surface area contributed by atoms with Crippen LogP contribution in [0.15, 0.2) is 18.2 Å². The Morgan fingerprint density at radius 2 is 1.48 bits per heavy atom. The Balaban J connectivity index is 3.19. The van der Waals surface area contributed by atoms with Crippen LogP contribution in [-0.4, -0.2) is 29.6 Å². The number of hydrogen-bond donors (Lipinski definition) is 2. The Hall–Kier alpha value is -1.79. The summed E-state index contributed by atoms with van der Waals surface area (Å²) in [7, 11) is 0. The smallest absolute Gasteiger partial charge is 0.504 e. The van der Waals surface area contributed by atoms with E-state index in [0.29, 0.717) is 25.2 Å². The molecule has 0 aromatic heterocycles. The topological polar surface area (TPSA) is 85.2 Å². The third-order valence-electron chi connectivity index (χ3n) is 4.88. The van der Waals surface area contributed by atoms with Gasteiger partial charge in [-0.05, 0) is 31.4 Å². The summed E-state index contributed by atoms with van der Waals surface area (Å²) in [6.07, 6.45) is 8.28. The molecule has 0 bridgehead atoms. The van der Waals surface area contributed by atoms with Gasteiger partial charge in [-0.1, -0.05) is 65.4 Å². The van der Waals surface area contributed by atoms with Gasteiger partial charge in [0.1, 0.15) is 0 Å². The van der Waals surface area contributed by atoms with E-state index in [1.807, 2.05) is 0 Å². The normalized spacial score (nSPS) is 11.6. The number of para-hydroxylation sites is 1. The molecular formula is C23H38O6. The first-order chi connectivity index (χ1) is 14.0. The second-order valence-corrected chi connectivity index (χ2v) is 7.34. The van der Waals surface area contributed by atoms with Crippen molar-refractivity contribution in [3.63, 3.8) is 0 Å². The Bertz CT molecular complexity index is 577. The number of phenols is 1. The Morgan fingerprint density at radius 1 is 0.897 bits per heavy atom. The van der Waals surface area contributed by atoms with Gasteiger partial charge in [0, 0.05) is 6.42 Å². The first-order valence-corrected chi connectivity index (χ1v) is 11.0. The van der Waals surface area contributed by atoms with Crippen molar-refractivity contribution in [2.24, 2.45) is 0 Å². The summed E-state index contributed by atoms with van der Waals surface area (Å²) in [4.78, 5) is 11.0. The SMILES string of the molecule is CCCCCCCC(OCCCC)(OCCCC)c1cccc(OC(=O)O)c1O. The molecule has 0 unspecified atom stereocenters. The summed E-state index contributed by atoms with van der Waals surface area (Å²) >= 11 is 0. The van der Waals surface area contributed by atoms with Crippen LogP contribution in [0, 0.1) is 0 Å². The number of ether oxygens (including phenoxy) is 3. The molecule has 1 rings (SSSR count). The summed E-state index contributed by atoms with van der Waals surface area (Å²) < 4.78 is 17.3. The van der Waals surface area contributed by atoms with Crippen molar-refractivity contribution in [3.8, 4) is 11.5 Å². The Morgan fingerprint density at radius 3 is 2.03 bits per heavy atom. The lowest BCUT2D eigenvalue weighted by atomic mass is 9.96. The fraction of sp³-hybridized carbons (Fsp3) is 0.696. The maximum atomic E-state index is 11.0. The van der Waals surface area contributed by atoms with E-state index in [0.717, 1.165) is 44.9 Å². The molecule has 0 aliphatic carbocycles. The van der Waals surface area contributed by atoms with Gasteiger partial charge in [-0.25, -0.2) is 4.79 Å². The van der Waals surface area contributed by atoms with Crippen LogP contribution < -0.4 is 4.74 Å². The molecule has 0 aliphatic heterocycles. The van der Waals surface area contributed by atoms with Crippen LogP contribution in [0.3, 0.4) is 0 Å². The van der Waals surface area contributed by atoms with Crippen LogP contribution in [0.1, 0.15) is 90.5 Å². The molecule has 0 saturated heterocycles. The van der Waals surface area contributed by atoms with E-state index in [-0.39, 0.29) is 11.5 Å². The van der Waals surface area contributed by atoms with Gasteiger partial charge >= 0.3 is 6.16 Å². The highest BCUT2D eigenvalue weighted by atomic mass is 16.7. The molecule has 0 radical (unpaired) electrons. The molecule has 6 nitrogen and oxygen atoms in total. The minimum absolute atomic E-state index is 0.108. The number of aromatic hydroxyl groups is 1. The minimum Gasteiger partial charge on any atom is -0.504 e. The number of unbranched alkanes of at least 4 members (excludes halogenated alkanes) is 6. The van der Waals surface area contributed by atoms with Crippen molar-refractivity contribution in [3.05, 3.63) is 23.8 Å². The lowest BCUT2D eigenvalue weighted by Crippen LogP contribution is -2.34. The highest BCUT2D eigenvalue weighted by Gasteiger charge is 2.37. The van der Waals surface area contributed by atoms with E-state index in [1.54, 1.807) is 12.1 Å². The van der Waals surface area contributed by atoms with E-state index in [9.17, 15) is 9.90 Å². The van der Waals surface area contributed by atoms with E-state index >= 15 is 0 Å². The highest BCUT2D eigenvalue weighted by Crippen LogP contribution is 2.43. The third kappa shape index (κ3) is 8.62. The molecule has 29 heavy (non-hydrogen) atoms. The molecule has 0 spiro atoms. The largest absolute Gasteiger partial charge is 0.511 e. The summed E-state index contributed by atoms with van der Waals surface area (Å²) in [5, 5.41) is 19.7. The van der Waals surface area contributed by atoms with Crippen molar-refractivity contribution >= 4 is 6.16 Å². The first-order valence-electron chi connectivity index (χ1n) is 11.0. The maximum absolute atomic E-state index is 11.0. The molecule has 1 aromatic carbocycles. The highest BCUT2D eigenvalue weighted by molar-refractivity contribution is 5.63. The first kappa shape index (κ1) is 25.2. The predicted molar refractivity (Wildman–Crippen MR) is 114 cm³/mol. The summed E-state index contributed by atoms with van der Waals surface area (Å²) in [6, 6.07) is 4.82. The zero-order chi connectivity index (χ0) is 21.5. The van der Waals surface area contributed by atoms with Gasteiger partial charge in [-0.3, -0.25) is 0 Å². The zero-order valence-corrected chi connectivity index (χ0v) is 18.2. The minimum atomic E-state index is -1.47. The second kappa shape index (κ2) is 14.2. The zero-order valence-electron chi connectivity index (χ0n) is 18.2. The van der Waals surface area contributed by atoms with Gasteiger partial charge in [-0.2, -0.15) is 0 Å². The number of carboxylic acid groups (broad SMARTS) is 1. The lowest BCUT2D eigenvalue weighted by Gasteiger charge is -2.35. The average Bonchev–Trinajstić information content (AvgIpc) is 2.69. The molecule has 0 atom stereocenters. The van der Waals surface area contributed by atoms with Crippen LogP contribution in [0.2, 0.25) is 0 Å². The number of phenolic OH excluding ortho intramolecular Hbond substituents is 1. The fourth-order valence-electron chi connectivity index (χ4n) is 3.21. The van der Waals surface area contributed by atoms with E-state index in [1.165, 1.54) is 18.9 Å². The number of carbonyl (C=O) groups is 1. The van der Waals surface area contributed by atoms with Gasteiger partial charge in [-0.15, -0.1) is 0 Å². The summed E-state index contributed by atoms with van der Waals surface area (Å²) in [5.74, 6) is -1.46. The Labute approximate surface area is 175 Å². The molecule has 0 amide bonds. The van der Waals surface area contributed by atoms with Crippen molar-refractivity contribution < 1.29 is 29.2 Å². The predicted octanol–water partition coefficient (Wildman–Crippen LogP) is 6.60. The van der Waals surface area contributed by atoms with Gasteiger partial charge in [0.2, 0.25) is 0 Å². The molecule has 166 valence electrons.